The number of rotatable bonds is 35. The average Bonchev–Trinajstić information content (AvgIpc) is 3.40. The van der Waals surface area contributed by atoms with Gasteiger partial charge in [-0.05, 0) is 86.4 Å². The molecule has 0 fully saturated rings. The third-order valence-electron chi connectivity index (χ3n) is 14.4. The summed E-state index contributed by atoms with van der Waals surface area (Å²) >= 11 is 27.1. The van der Waals surface area contributed by atoms with Gasteiger partial charge < -0.3 is 72.9 Å². The van der Waals surface area contributed by atoms with Crippen LogP contribution in [0.25, 0.3) is 0 Å². The van der Waals surface area contributed by atoms with Gasteiger partial charge in [-0.25, -0.2) is 4.79 Å². The zero-order valence-electron chi connectivity index (χ0n) is 46.0. The van der Waals surface area contributed by atoms with E-state index in [9.17, 15) is 19.5 Å². The summed E-state index contributed by atoms with van der Waals surface area (Å²) in [5.41, 5.74) is 5.56. The van der Waals surface area contributed by atoms with Gasteiger partial charge in [-0.3, -0.25) is 9.59 Å². The lowest BCUT2D eigenvalue weighted by Crippen LogP contribution is -2.36. The van der Waals surface area contributed by atoms with Crippen molar-refractivity contribution in [2.75, 3.05) is 155 Å². The first kappa shape index (κ1) is 62.4. The maximum absolute atomic E-state index is 14.0. The number of fused-ring (bicyclic) bond motifs is 8. The van der Waals surface area contributed by atoms with Gasteiger partial charge in [-0.2, -0.15) is 0 Å². The Labute approximate surface area is 494 Å². The first-order chi connectivity index (χ1) is 39.5. The molecule has 8 rings (SSSR count). The first-order valence-electron chi connectivity index (χ1n) is 28.1. The third kappa shape index (κ3) is 16.6. The molecule has 0 radical (unpaired) electrons. The monoisotopic (exact) mass is 1200 g/mol. The number of ether oxygens (including phenoxy) is 10. The zero-order valence-corrected chi connectivity index (χ0v) is 49.0. The number of hydrogen-bond acceptors (Lipinski definition) is 16. The van der Waals surface area contributed by atoms with Gasteiger partial charge in [0.05, 0.1) is 131 Å². The molecule has 4 heterocycles. The minimum Gasteiger partial charge on any atom is -0.508 e. The van der Waals surface area contributed by atoms with Crippen LogP contribution in [0.2, 0.25) is 20.1 Å². The van der Waals surface area contributed by atoms with Crippen LogP contribution in [-0.2, 0) is 77.1 Å². The largest absolute Gasteiger partial charge is 0.508 e. The summed E-state index contributed by atoms with van der Waals surface area (Å²) in [6, 6.07) is 15.1. The van der Waals surface area contributed by atoms with Crippen molar-refractivity contribution in [2.24, 2.45) is 0 Å². The summed E-state index contributed by atoms with van der Waals surface area (Å²) in [6.45, 7) is 13.0. The lowest BCUT2D eigenvalue weighted by molar-refractivity contribution is -0.122. The Morgan fingerprint density at radius 1 is 0.593 bits per heavy atom. The number of benzene rings is 4. The van der Waals surface area contributed by atoms with Gasteiger partial charge in [-0.15, -0.1) is 0 Å². The van der Waals surface area contributed by atoms with E-state index in [4.69, 9.17) is 93.8 Å². The van der Waals surface area contributed by atoms with Crippen molar-refractivity contribution in [1.29, 1.82) is 0 Å². The lowest BCUT2D eigenvalue weighted by atomic mass is 9.75. The molecule has 1 spiro atoms. The first-order valence-corrected chi connectivity index (χ1v) is 29.6. The second-order valence-corrected chi connectivity index (χ2v) is 21.3. The minimum atomic E-state index is -1.49. The normalized spacial score (nSPS) is 15.9. The predicted molar refractivity (Wildman–Crippen MR) is 310 cm³/mol. The standard InChI is InChI=1S/C59H74Cl4N4O14/c1-2-66-17-3-6-41-36-44-48(38-46(41)66)80-49-39-47-42(37-45(49)59(44)53-52(58(71)81-59)54(60)56(62)57(63)55(53)61)7-4-18-67(47)19-5-8-50(69)65-16-21-73-23-25-75-27-29-77-31-33-79-35-34-78-32-30-76-28-26-74-24-22-72-20-14-51(70)64-15-13-40-9-11-43(68)12-10-40/h9-12,36-39,68H,2-8,13-35H2,1H3,(H,64,70)(H,65,69). The highest BCUT2D eigenvalue weighted by molar-refractivity contribution is 6.53. The van der Waals surface area contributed by atoms with Gasteiger partial charge in [0.15, 0.2) is 5.60 Å². The van der Waals surface area contributed by atoms with Crippen molar-refractivity contribution < 1.29 is 66.9 Å². The summed E-state index contributed by atoms with van der Waals surface area (Å²) < 4.78 is 57.8. The van der Waals surface area contributed by atoms with Crippen molar-refractivity contribution in [3.8, 4) is 17.2 Å². The molecule has 1 unspecified atom stereocenters. The molecule has 0 aliphatic carbocycles. The number of aryl methyl sites for hydroxylation is 2. The van der Waals surface area contributed by atoms with Crippen LogP contribution < -0.4 is 25.2 Å². The molecule has 18 nitrogen and oxygen atoms in total. The number of hydrogen-bond donors (Lipinski definition) is 3. The smallest absolute Gasteiger partial charge is 0.341 e. The molecule has 2 amide bonds. The molecule has 442 valence electrons. The predicted octanol–water partition coefficient (Wildman–Crippen LogP) is 8.88. The van der Waals surface area contributed by atoms with Gasteiger partial charge in [0.2, 0.25) is 11.8 Å². The number of nitrogens with zero attached hydrogens (tertiary/aromatic N) is 2. The number of halogens is 4. The SMILES string of the molecule is CCN1CCCc2cc3c(cc21)Oc1cc2c(cc1C31OC(=O)c3c(Cl)c(Cl)c(Cl)c(Cl)c31)CCCN2CCCC(=O)NCCOCCOCCOCCOCCOCCOCCOCCOCCC(=O)NCCc1ccc(O)cc1. The number of carbonyl (C=O) groups is 3. The fourth-order valence-corrected chi connectivity index (χ4v) is 11.4. The Morgan fingerprint density at radius 3 is 1.60 bits per heavy atom. The number of aromatic hydroxyl groups is 1. The summed E-state index contributed by atoms with van der Waals surface area (Å²) in [5, 5.41) is 15.3. The van der Waals surface area contributed by atoms with Crippen LogP contribution in [0.1, 0.15) is 82.8 Å². The van der Waals surface area contributed by atoms with E-state index < -0.39 is 11.6 Å². The van der Waals surface area contributed by atoms with E-state index in [1.165, 1.54) is 0 Å². The van der Waals surface area contributed by atoms with Gasteiger partial charge >= 0.3 is 5.97 Å². The Balaban J connectivity index is 0.630. The number of esters is 1. The summed E-state index contributed by atoms with van der Waals surface area (Å²) in [4.78, 5) is 43.4. The van der Waals surface area contributed by atoms with Crippen LogP contribution in [-0.4, -0.2) is 168 Å². The topological polar surface area (TPSA) is 194 Å². The highest BCUT2D eigenvalue weighted by Gasteiger charge is 2.57. The molecule has 3 N–H and O–H groups in total. The van der Waals surface area contributed by atoms with E-state index in [-0.39, 0.29) is 49.6 Å². The molecule has 22 heteroatoms. The number of carbonyl (C=O) groups excluding carboxylic acids is 3. The summed E-state index contributed by atoms with van der Waals surface area (Å²) in [7, 11) is 0. The van der Waals surface area contributed by atoms with E-state index in [0.717, 1.165) is 73.4 Å². The second-order valence-electron chi connectivity index (χ2n) is 19.8. The van der Waals surface area contributed by atoms with Crippen molar-refractivity contribution >= 4 is 75.6 Å². The molecule has 0 saturated carbocycles. The zero-order chi connectivity index (χ0) is 57.0. The Morgan fingerprint density at radius 2 is 1.06 bits per heavy atom. The Hall–Kier alpha value is -4.67. The lowest BCUT2D eigenvalue weighted by Gasteiger charge is -2.41. The molecule has 0 aromatic heterocycles. The van der Waals surface area contributed by atoms with Crippen molar-refractivity contribution in [2.45, 2.75) is 63.9 Å². The van der Waals surface area contributed by atoms with E-state index in [1.807, 2.05) is 24.3 Å². The molecule has 4 aliphatic rings. The summed E-state index contributed by atoms with van der Waals surface area (Å²) in [6.07, 6.45) is 5.49. The van der Waals surface area contributed by atoms with Crippen molar-refractivity contribution in [3.05, 3.63) is 108 Å². The molecular weight excluding hydrogens is 1130 g/mol. The number of anilines is 2. The average molecular weight is 1210 g/mol. The van der Waals surface area contributed by atoms with Crippen molar-refractivity contribution in [3.63, 3.8) is 0 Å². The highest BCUT2D eigenvalue weighted by Crippen LogP contribution is 2.62. The molecule has 0 bridgehead atoms. The van der Waals surface area contributed by atoms with Crippen LogP contribution in [0.5, 0.6) is 17.2 Å². The molecule has 4 aliphatic heterocycles. The highest BCUT2D eigenvalue weighted by atomic mass is 35.5. The van der Waals surface area contributed by atoms with Gasteiger partial charge in [0, 0.05) is 92.3 Å². The maximum Gasteiger partial charge on any atom is 0.341 e. The molecule has 1 atom stereocenters. The van der Waals surface area contributed by atoms with Crippen molar-refractivity contribution in [1.82, 2.24) is 10.6 Å². The number of amides is 2. The number of phenolic OH excluding ortho intramolecular Hbond substituents is 1. The van der Waals surface area contributed by atoms with Crippen LogP contribution in [0.15, 0.2) is 48.5 Å². The quantitative estimate of drug-likeness (QED) is 0.0171. The van der Waals surface area contributed by atoms with E-state index in [2.05, 4.69) is 39.5 Å². The van der Waals surface area contributed by atoms with E-state index >= 15 is 0 Å². The number of phenols is 1. The fraction of sp³-hybridized carbons (Fsp3) is 0.542. The number of nitrogens with one attached hydrogen (secondary N) is 2. The second kappa shape index (κ2) is 31.8. The molecule has 81 heavy (non-hydrogen) atoms. The van der Waals surface area contributed by atoms with E-state index in [1.54, 1.807) is 12.1 Å². The van der Waals surface area contributed by atoms with Crippen LogP contribution in [0.3, 0.4) is 0 Å². The third-order valence-corrected chi connectivity index (χ3v) is 16.2. The van der Waals surface area contributed by atoms with E-state index in [0.29, 0.717) is 173 Å². The van der Waals surface area contributed by atoms with Crippen LogP contribution in [0, 0.1) is 0 Å². The molecule has 4 aromatic rings. The molecule has 4 aromatic carbocycles. The fourth-order valence-electron chi connectivity index (χ4n) is 10.4. The molecule has 0 saturated heterocycles. The van der Waals surface area contributed by atoms with Gasteiger partial charge in [-0.1, -0.05) is 58.5 Å². The minimum absolute atomic E-state index is 0.00632. The van der Waals surface area contributed by atoms with Crippen LogP contribution >= 0.6 is 46.4 Å². The maximum atomic E-state index is 14.0. The van der Waals surface area contributed by atoms with Gasteiger partial charge in [0.25, 0.3) is 0 Å². The van der Waals surface area contributed by atoms with Gasteiger partial charge in [0.1, 0.15) is 17.2 Å². The Bertz CT molecular complexity index is 2740. The van der Waals surface area contributed by atoms with Crippen LogP contribution in [0.4, 0.5) is 11.4 Å². The Kier molecular flexibility index (Phi) is 24.5. The molecular formula is C59H74Cl4N4O14. The summed E-state index contributed by atoms with van der Waals surface area (Å²) in [5.74, 6) is 0.544.